The molecule has 1 unspecified atom stereocenters. The third-order valence-corrected chi connectivity index (χ3v) is 4.23. The zero-order valence-corrected chi connectivity index (χ0v) is 11.3. The maximum absolute atomic E-state index is 12.7. The molecule has 21 heavy (non-hydrogen) atoms. The fraction of sp³-hybridized carbons (Fsp3) is 0.333. The van der Waals surface area contributed by atoms with E-state index in [1.807, 2.05) is 18.2 Å². The predicted molar refractivity (Wildman–Crippen MR) is 76.7 cm³/mol. The van der Waals surface area contributed by atoms with E-state index in [0.29, 0.717) is 18.5 Å². The van der Waals surface area contributed by atoms with Gasteiger partial charge in [-0.3, -0.25) is 0 Å². The van der Waals surface area contributed by atoms with E-state index >= 15 is 0 Å². The molecule has 0 saturated carbocycles. The third kappa shape index (κ3) is 1.69. The molecule has 0 saturated heterocycles. The first kappa shape index (κ1) is 12.4. The smallest absolute Gasteiger partial charge is 0.352 e. The molecule has 2 aromatic rings. The average Bonchev–Trinajstić information content (AvgIpc) is 2.62. The molecule has 2 bridgehead atoms. The highest BCUT2D eigenvalue weighted by atomic mass is 16.3. The molecule has 3 atom stereocenters. The summed E-state index contributed by atoms with van der Waals surface area (Å²) in [4.78, 5) is 25.3. The maximum atomic E-state index is 12.7. The zero-order chi connectivity index (χ0) is 14.6. The summed E-state index contributed by atoms with van der Waals surface area (Å²) >= 11 is 0. The fourth-order valence-corrected chi connectivity index (χ4v) is 3.30. The Labute approximate surface area is 120 Å². The summed E-state index contributed by atoms with van der Waals surface area (Å²) < 4.78 is 4.16. The number of hydrogen-bond acceptors (Lipinski definition) is 3. The molecule has 3 aliphatic rings. The van der Waals surface area contributed by atoms with Crippen LogP contribution in [0.1, 0.15) is 24.9 Å². The first-order chi connectivity index (χ1) is 10.2. The largest absolute Gasteiger partial charge is 0.393 e. The van der Waals surface area contributed by atoms with Gasteiger partial charge in [0.2, 0.25) is 0 Å². The average molecular weight is 285 g/mol. The minimum Gasteiger partial charge on any atom is -0.393 e. The molecule has 3 heterocycles. The van der Waals surface area contributed by atoms with Crippen LogP contribution in [0.2, 0.25) is 0 Å². The zero-order valence-electron chi connectivity index (χ0n) is 11.3. The van der Waals surface area contributed by atoms with Gasteiger partial charge in [-0.15, -0.1) is 0 Å². The quantitative estimate of drug-likeness (QED) is 0.780. The normalized spacial score (nSPS) is 26.6. The van der Waals surface area contributed by atoms with E-state index < -0.39 is 6.10 Å². The second-order valence-electron chi connectivity index (χ2n) is 5.57. The van der Waals surface area contributed by atoms with Crippen LogP contribution in [0.3, 0.4) is 0 Å². The second-order valence-corrected chi connectivity index (χ2v) is 5.57. The van der Waals surface area contributed by atoms with Crippen LogP contribution in [-0.2, 0) is 0 Å². The van der Waals surface area contributed by atoms with Crippen molar-refractivity contribution in [2.24, 2.45) is 0 Å². The van der Waals surface area contributed by atoms with E-state index in [-0.39, 0.29) is 23.5 Å². The molecular formula is C15H15N3O3. The van der Waals surface area contributed by atoms with Crippen molar-refractivity contribution in [1.82, 2.24) is 13.9 Å². The van der Waals surface area contributed by atoms with Crippen molar-refractivity contribution in [3.05, 3.63) is 63.5 Å². The van der Waals surface area contributed by atoms with Gasteiger partial charge in [-0.25, -0.2) is 23.5 Å². The molecule has 6 nitrogen and oxygen atoms in total. The van der Waals surface area contributed by atoms with Crippen molar-refractivity contribution in [1.29, 1.82) is 0 Å². The number of rotatable bonds is 1. The molecule has 0 amide bonds. The molecule has 0 radical (unpaired) electrons. The van der Waals surface area contributed by atoms with Crippen LogP contribution in [-0.4, -0.2) is 25.1 Å². The fourth-order valence-electron chi connectivity index (χ4n) is 3.30. The third-order valence-electron chi connectivity index (χ3n) is 4.23. The first-order valence-electron chi connectivity index (χ1n) is 7.04. The summed E-state index contributed by atoms with van der Waals surface area (Å²) in [6, 6.07) is 8.40. The number of aromatic nitrogens is 3. The van der Waals surface area contributed by atoms with Crippen molar-refractivity contribution in [3.8, 4) is 5.69 Å². The molecule has 1 N–H and O–H groups in total. The van der Waals surface area contributed by atoms with Crippen LogP contribution in [0.15, 0.2) is 52.1 Å². The molecule has 1 aromatic heterocycles. The lowest BCUT2D eigenvalue weighted by molar-refractivity contribution is 0.147. The number of para-hydroxylation sites is 1. The van der Waals surface area contributed by atoms with E-state index in [9.17, 15) is 14.7 Å². The van der Waals surface area contributed by atoms with Gasteiger partial charge >= 0.3 is 11.4 Å². The first-order valence-corrected chi connectivity index (χ1v) is 7.04. The number of aliphatic hydroxyl groups is 1. The van der Waals surface area contributed by atoms with Crippen LogP contribution >= 0.6 is 0 Å². The summed E-state index contributed by atoms with van der Waals surface area (Å²) in [7, 11) is 0. The predicted octanol–water partition coefficient (Wildman–Crippen LogP) is 0.607. The van der Waals surface area contributed by atoms with Gasteiger partial charge in [0.25, 0.3) is 0 Å². The van der Waals surface area contributed by atoms with E-state index in [1.165, 1.54) is 13.9 Å². The Bertz CT molecular complexity index is 781. The Morgan fingerprint density at radius 3 is 1.95 bits per heavy atom. The molecule has 5 rings (SSSR count). The van der Waals surface area contributed by atoms with Gasteiger partial charge in [-0.1, -0.05) is 30.4 Å². The number of benzene rings is 1. The van der Waals surface area contributed by atoms with Gasteiger partial charge in [-0.2, -0.15) is 0 Å². The van der Waals surface area contributed by atoms with Gasteiger partial charge in [0, 0.05) is 0 Å². The standard InChI is InChI=1S/C15H15N3O3/c19-13-8-11-6-7-12(9-13)18-15(21)16(14(20)17(11)18)10-4-2-1-3-5-10/h1-7,11-13,19H,8-9H2/t11-,12+,13?. The van der Waals surface area contributed by atoms with Crippen molar-refractivity contribution < 1.29 is 5.11 Å². The summed E-state index contributed by atoms with van der Waals surface area (Å²) in [5.74, 6) is 0. The van der Waals surface area contributed by atoms with Crippen molar-refractivity contribution >= 4 is 0 Å². The van der Waals surface area contributed by atoms with E-state index in [4.69, 9.17) is 0 Å². The van der Waals surface area contributed by atoms with E-state index in [1.54, 1.807) is 24.3 Å². The number of fused-ring (bicyclic) bond motifs is 2. The van der Waals surface area contributed by atoms with Crippen LogP contribution in [0.4, 0.5) is 0 Å². The molecule has 108 valence electrons. The monoisotopic (exact) mass is 285 g/mol. The van der Waals surface area contributed by atoms with Gasteiger partial charge in [-0.05, 0) is 25.0 Å². The van der Waals surface area contributed by atoms with Gasteiger partial charge in [0.1, 0.15) is 0 Å². The number of allylic oxidation sites excluding steroid dienone is 2. The molecule has 0 spiro atoms. The minimum absolute atomic E-state index is 0.260. The summed E-state index contributed by atoms with van der Waals surface area (Å²) in [5, 5.41) is 9.95. The number of hydrogen-bond donors (Lipinski definition) is 1. The SMILES string of the molecule is O=c1n(-c2ccccc2)c(=O)n2n1[C@@H]1C=C[C@H]2CC(O)C1. The van der Waals surface area contributed by atoms with Crippen molar-refractivity contribution in [2.45, 2.75) is 31.0 Å². The minimum atomic E-state index is -0.494. The summed E-state index contributed by atoms with van der Waals surface area (Å²) in [6.07, 6.45) is 4.26. The molecular weight excluding hydrogens is 270 g/mol. The Kier molecular flexibility index (Phi) is 2.56. The van der Waals surface area contributed by atoms with Gasteiger partial charge < -0.3 is 5.11 Å². The molecule has 1 aromatic carbocycles. The molecule has 0 fully saturated rings. The lowest BCUT2D eigenvalue weighted by Crippen LogP contribution is -2.33. The summed E-state index contributed by atoms with van der Waals surface area (Å²) in [6.45, 7) is 0. The van der Waals surface area contributed by atoms with E-state index in [0.717, 1.165) is 0 Å². The Morgan fingerprint density at radius 2 is 1.43 bits per heavy atom. The Morgan fingerprint density at radius 1 is 0.905 bits per heavy atom. The second kappa shape index (κ2) is 4.33. The molecule has 2 aliphatic heterocycles. The highest BCUT2D eigenvalue weighted by Crippen LogP contribution is 2.31. The maximum Gasteiger partial charge on any atom is 0.352 e. The number of aliphatic hydroxyl groups excluding tert-OH is 1. The van der Waals surface area contributed by atoms with Crippen molar-refractivity contribution in [2.75, 3.05) is 0 Å². The van der Waals surface area contributed by atoms with E-state index in [2.05, 4.69) is 0 Å². The Balaban J connectivity index is 2.00. The van der Waals surface area contributed by atoms with Crippen LogP contribution < -0.4 is 11.4 Å². The molecule has 6 heteroatoms. The van der Waals surface area contributed by atoms with Crippen LogP contribution in [0, 0.1) is 0 Å². The highest BCUT2D eigenvalue weighted by Gasteiger charge is 2.34. The Hall–Kier alpha value is -2.34. The van der Waals surface area contributed by atoms with Crippen LogP contribution in [0.5, 0.6) is 0 Å². The van der Waals surface area contributed by atoms with Crippen molar-refractivity contribution in [3.63, 3.8) is 0 Å². The lowest BCUT2D eigenvalue weighted by Gasteiger charge is -2.21. The van der Waals surface area contributed by atoms with Gasteiger partial charge in [0.15, 0.2) is 0 Å². The molecule has 1 aliphatic carbocycles. The highest BCUT2D eigenvalue weighted by molar-refractivity contribution is 5.31. The topological polar surface area (TPSA) is 69.2 Å². The summed E-state index contributed by atoms with van der Waals surface area (Å²) in [5.41, 5.74) is -0.125. The lowest BCUT2D eigenvalue weighted by atomic mass is 10.1. The number of nitrogens with zero attached hydrogens (tertiary/aromatic N) is 3. The van der Waals surface area contributed by atoms with Crippen LogP contribution in [0.25, 0.3) is 5.69 Å². The van der Waals surface area contributed by atoms with Gasteiger partial charge in [0.05, 0.1) is 23.9 Å².